The van der Waals surface area contributed by atoms with Crippen LogP contribution in [0.5, 0.6) is 0 Å². The van der Waals surface area contributed by atoms with Gasteiger partial charge < -0.3 is 0 Å². The third-order valence-electron chi connectivity index (χ3n) is 6.84. The Bertz CT molecular complexity index is 1020. The average Bonchev–Trinajstić information content (AvgIpc) is 2.75. The lowest BCUT2D eigenvalue weighted by atomic mass is 9.64. The Hall–Kier alpha value is -2.61. The van der Waals surface area contributed by atoms with Gasteiger partial charge in [-0.1, -0.05) is 17.9 Å². The molecule has 2 aliphatic rings. The highest BCUT2D eigenvalue weighted by molar-refractivity contribution is 5.45. The van der Waals surface area contributed by atoms with E-state index in [1.54, 1.807) is 0 Å². The van der Waals surface area contributed by atoms with Gasteiger partial charge in [-0.2, -0.15) is 0 Å². The fourth-order valence-corrected chi connectivity index (χ4v) is 5.15. The van der Waals surface area contributed by atoms with Gasteiger partial charge in [-0.3, -0.25) is 0 Å². The van der Waals surface area contributed by atoms with Gasteiger partial charge in [0.1, 0.15) is 11.6 Å². The van der Waals surface area contributed by atoms with Crippen molar-refractivity contribution in [3.63, 3.8) is 0 Å². The summed E-state index contributed by atoms with van der Waals surface area (Å²) in [4.78, 5) is 0. The number of fused-ring (bicyclic) bond motifs is 1. The Balaban J connectivity index is 1.53. The molecule has 0 amide bonds. The molecule has 4 unspecified atom stereocenters. The van der Waals surface area contributed by atoms with Crippen molar-refractivity contribution >= 4 is 0 Å². The Morgan fingerprint density at radius 3 is 2.00 bits per heavy atom. The van der Waals surface area contributed by atoms with Gasteiger partial charge in [0.15, 0.2) is 17.5 Å². The van der Waals surface area contributed by atoms with E-state index in [1.165, 1.54) is 12.1 Å². The highest BCUT2D eigenvalue weighted by Crippen LogP contribution is 2.48. The standard InChI is InChI=1S/C26H23F5/c1-2-15-3-5-18-12-19(7-6-17(18)9-15)20-13-22(27)21(23(28)14-20)8-4-16-10-24(29)26(31)25(30)11-16/h2,10-11,13-15,17-19H,1,3,5-7,9,12H2. The number of allylic oxidation sites excluding steroid dienone is 1. The third-order valence-corrected chi connectivity index (χ3v) is 6.84. The maximum atomic E-state index is 14.7. The second-order valence-corrected chi connectivity index (χ2v) is 8.70. The summed E-state index contributed by atoms with van der Waals surface area (Å²) < 4.78 is 69.0. The summed E-state index contributed by atoms with van der Waals surface area (Å²) in [7, 11) is 0. The van der Waals surface area contributed by atoms with Crippen LogP contribution in [0, 0.1) is 58.7 Å². The van der Waals surface area contributed by atoms with Gasteiger partial charge in [0.05, 0.1) is 5.56 Å². The van der Waals surface area contributed by atoms with Gasteiger partial charge in [0.25, 0.3) is 0 Å². The predicted molar refractivity (Wildman–Crippen MR) is 110 cm³/mol. The van der Waals surface area contributed by atoms with Crippen molar-refractivity contribution in [1.82, 2.24) is 0 Å². The molecule has 2 aliphatic carbocycles. The van der Waals surface area contributed by atoms with E-state index in [4.69, 9.17) is 0 Å². The zero-order valence-electron chi connectivity index (χ0n) is 17.0. The zero-order chi connectivity index (χ0) is 22.1. The molecule has 0 aromatic heterocycles. The predicted octanol–water partition coefficient (Wildman–Crippen LogP) is 7.27. The van der Waals surface area contributed by atoms with Crippen molar-refractivity contribution in [2.24, 2.45) is 17.8 Å². The highest BCUT2D eigenvalue weighted by Gasteiger charge is 2.35. The average molecular weight is 430 g/mol. The highest BCUT2D eigenvalue weighted by atomic mass is 19.2. The van der Waals surface area contributed by atoms with Crippen LogP contribution < -0.4 is 0 Å². The van der Waals surface area contributed by atoms with Crippen LogP contribution in [0.2, 0.25) is 0 Å². The first-order valence-corrected chi connectivity index (χ1v) is 10.6. The summed E-state index contributed by atoms with van der Waals surface area (Å²) in [5.74, 6) is 0.492. The normalized spacial score (nSPS) is 25.3. The smallest absolute Gasteiger partial charge is 0.194 e. The second-order valence-electron chi connectivity index (χ2n) is 8.70. The number of hydrogen-bond donors (Lipinski definition) is 0. The summed E-state index contributed by atoms with van der Waals surface area (Å²) in [5.41, 5.74) is -0.0366. The van der Waals surface area contributed by atoms with E-state index in [-0.39, 0.29) is 11.5 Å². The first-order valence-electron chi connectivity index (χ1n) is 10.6. The van der Waals surface area contributed by atoms with Gasteiger partial charge >= 0.3 is 0 Å². The van der Waals surface area contributed by atoms with Gasteiger partial charge in [-0.05, 0) is 92.0 Å². The monoisotopic (exact) mass is 430 g/mol. The molecular formula is C26H23F5. The summed E-state index contributed by atoms with van der Waals surface area (Å²) in [5, 5.41) is 0. The van der Waals surface area contributed by atoms with Crippen LogP contribution in [0.25, 0.3) is 0 Å². The lowest BCUT2D eigenvalue weighted by Gasteiger charge is -2.41. The Kier molecular flexibility index (Phi) is 6.18. The first kappa shape index (κ1) is 21.6. The fraction of sp³-hybridized carbons (Fsp3) is 0.385. The molecule has 0 spiro atoms. The summed E-state index contributed by atoms with van der Waals surface area (Å²) in [6.45, 7) is 3.91. The van der Waals surface area contributed by atoms with E-state index >= 15 is 0 Å². The molecule has 0 aliphatic heterocycles. The van der Waals surface area contributed by atoms with Crippen molar-refractivity contribution in [2.45, 2.75) is 44.4 Å². The molecule has 0 N–H and O–H groups in total. The quantitative estimate of drug-likeness (QED) is 0.203. The molecule has 0 radical (unpaired) electrons. The molecule has 2 saturated carbocycles. The van der Waals surface area contributed by atoms with Crippen LogP contribution in [0.3, 0.4) is 0 Å². The first-order chi connectivity index (χ1) is 14.9. The molecule has 31 heavy (non-hydrogen) atoms. The molecule has 2 aromatic rings. The number of rotatable bonds is 2. The summed E-state index contributed by atoms with van der Waals surface area (Å²) >= 11 is 0. The topological polar surface area (TPSA) is 0 Å². The van der Waals surface area contributed by atoms with Crippen LogP contribution in [0.15, 0.2) is 36.9 Å². The molecule has 0 heterocycles. The molecular weight excluding hydrogens is 407 g/mol. The van der Waals surface area contributed by atoms with Crippen LogP contribution in [0.4, 0.5) is 22.0 Å². The van der Waals surface area contributed by atoms with Crippen molar-refractivity contribution < 1.29 is 22.0 Å². The van der Waals surface area contributed by atoms with Gasteiger partial charge in [0.2, 0.25) is 0 Å². The lowest BCUT2D eigenvalue weighted by molar-refractivity contribution is 0.133. The lowest BCUT2D eigenvalue weighted by Crippen LogP contribution is -2.30. The van der Waals surface area contributed by atoms with E-state index in [9.17, 15) is 22.0 Å². The van der Waals surface area contributed by atoms with Gasteiger partial charge in [-0.15, -0.1) is 6.58 Å². The summed E-state index contributed by atoms with van der Waals surface area (Å²) in [6, 6.07) is 4.02. The van der Waals surface area contributed by atoms with Crippen molar-refractivity contribution in [1.29, 1.82) is 0 Å². The molecule has 5 heteroatoms. The maximum Gasteiger partial charge on any atom is 0.194 e. The molecule has 0 saturated heterocycles. The van der Waals surface area contributed by atoms with E-state index in [2.05, 4.69) is 18.4 Å². The molecule has 4 atom stereocenters. The maximum absolute atomic E-state index is 14.7. The molecule has 2 aromatic carbocycles. The third kappa shape index (κ3) is 4.54. The van der Waals surface area contributed by atoms with E-state index in [0.717, 1.165) is 38.5 Å². The van der Waals surface area contributed by atoms with Crippen LogP contribution in [-0.4, -0.2) is 0 Å². The minimum atomic E-state index is -1.61. The molecule has 2 fully saturated rings. The van der Waals surface area contributed by atoms with Crippen LogP contribution in [-0.2, 0) is 0 Å². The molecule has 0 nitrogen and oxygen atoms in total. The minimum absolute atomic E-state index is 0.104. The van der Waals surface area contributed by atoms with Gasteiger partial charge in [-0.25, -0.2) is 22.0 Å². The van der Waals surface area contributed by atoms with Crippen molar-refractivity contribution in [3.05, 3.63) is 82.7 Å². The Morgan fingerprint density at radius 2 is 1.35 bits per heavy atom. The Labute approximate surface area is 179 Å². The van der Waals surface area contributed by atoms with Crippen LogP contribution in [0.1, 0.15) is 61.1 Å². The number of halogens is 5. The SMILES string of the molecule is C=CC1CCC2CC(c3cc(F)c(C#Cc4cc(F)c(F)c(F)c4)c(F)c3)CCC2C1. The van der Waals surface area contributed by atoms with Gasteiger partial charge in [0, 0.05) is 5.56 Å². The van der Waals surface area contributed by atoms with Crippen molar-refractivity contribution in [3.8, 4) is 11.8 Å². The Morgan fingerprint density at radius 1 is 0.742 bits per heavy atom. The minimum Gasteiger partial charge on any atom is -0.206 e. The van der Waals surface area contributed by atoms with E-state index in [1.807, 2.05) is 6.08 Å². The van der Waals surface area contributed by atoms with E-state index in [0.29, 0.717) is 35.4 Å². The molecule has 162 valence electrons. The second kappa shape index (κ2) is 8.86. The largest absolute Gasteiger partial charge is 0.206 e. The molecule has 0 bridgehead atoms. The summed E-state index contributed by atoms with van der Waals surface area (Å²) in [6.07, 6.45) is 8.31. The van der Waals surface area contributed by atoms with Crippen molar-refractivity contribution in [2.75, 3.05) is 0 Å². The number of hydrogen-bond acceptors (Lipinski definition) is 0. The number of benzene rings is 2. The van der Waals surface area contributed by atoms with Crippen LogP contribution >= 0.6 is 0 Å². The van der Waals surface area contributed by atoms with E-state index < -0.39 is 34.6 Å². The fourth-order valence-electron chi connectivity index (χ4n) is 5.15. The molecule has 4 rings (SSSR count). The zero-order valence-corrected chi connectivity index (χ0v) is 17.0.